The minimum atomic E-state index is -1.09. The Kier molecular flexibility index (Phi) is 3.44. The van der Waals surface area contributed by atoms with Crippen molar-refractivity contribution >= 4 is 0 Å². The van der Waals surface area contributed by atoms with Crippen molar-refractivity contribution in [2.75, 3.05) is 20.3 Å². The molecule has 1 aliphatic carbocycles. The van der Waals surface area contributed by atoms with Crippen LogP contribution in [-0.4, -0.2) is 31.2 Å². The van der Waals surface area contributed by atoms with Crippen molar-refractivity contribution in [2.45, 2.75) is 37.1 Å². The zero-order valence-corrected chi connectivity index (χ0v) is 11.5. The lowest BCUT2D eigenvalue weighted by molar-refractivity contribution is -0.204. The maximum atomic E-state index is 13.5. The first-order valence-electron chi connectivity index (χ1n) is 6.91. The summed E-state index contributed by atoms with van der Waals surface area (Å²) < 4.78 is 30.0. The summed E-state index contributed by atoms with van der Waals surface area (Å²) in [7, 11) is 1.52. The average Bonchev–Trinajstić information content (AvgIpc) is 2.91. The van der Waals surface area contributed by atoms with E-state index in [4.69, 9.17) is 14.2 Å². The SMILES string of the molecule is COc1ccc(F)cc1C1(O)CCC2(CC1)OCCO2. The minimum absolute atomic E-state index is 0.372. The summed E-state index contributed by atoms with van der Waals surface area (Å²) in [5, 5.41) is 10.9. The van der Waals surface area contributed by atoms with Crippen LogP contribution in [0.25, 0.3) is 0 Å². The zero-order chi connectivity index (χ0) is 14.2. The van der Waals surface area contributed by atoms with E-state index in [0.717, 1.165) is 0 Å². The van der Waals surface area contributed by atoms with Gasteiger partial charge in [0.05, 0.1) is 25.9 Å². The molecule has 1 N–H and O–H groups in total. The van der Waals surface area contributed by atoms with E-state index in [1.807, 2.05) is 0 Å². The van der Waals surface area contributed by atoms with Crippen molar-refractivity contribution in [3.05, 3.63) is 29.6 Å². The number of halogens is 1. The first-order chi connectivity index (χ1) is 9.57. The highest BCUT2D eigenvalue weighted by molar-refractivity contribution is 5.39. The van der Waals surface area contributed by atoms with Crippen molar-refractivity contribution in [2.24, 2.45) is 0 Å². The first kappa shape index (κ1) is 13.8. The maximum absolute atomic E-state index is 13.5. The number of hydrogen-bond donors (Lipinski definition) is 1. The molecule has 0 radical (unpaired) electrons. The molecule has 20 heavy (non-hydrogen) atoms. The lowest BCUT2D eigenvalue weighted by Gasteiger charge is -2.41. The van der Waals surface area contributed by atoms with Gasteiger partial charge in [0.15, 0.2) is 5.79 Å². The summed E-state index contributed by atoms with van der Waals surface area (Å²) in [5.74, 6) is -0.409. The number of ether oxygens (including phenoxy) is 3. The third kappa shape index (κ3) is 2.30. The Labute approximate surface area is 117 Å². The highest BCUT2D eigenvalue weighted by atomic mass is 19.1. The van der Waals surface area contributed by atoms with Gasteiger partial charge in [-0.05, 0) is 31.0 Å². The smallest absolute Gasteiger partial charge is 0.168 e. The standard InChI is InChI=1S/C15H19FO4/c1-18-13-3-2-11(16)10-12(13)14(17)4-6-15(7-5-14)19-8-9-20-15/h2-3,10,17H,4-9H2,1H3. The second-order valence-electron chi connectivity index (χ2n) is 5.48. The molecule has 1 saturated carbocycles. The third-order valence-corrected chi connectivity index (χ3v) is 4.32. The zero-order valence-electron chi connectivity index (χ0n) is 11.5. The third-order valence-electron chi connectivity index (χ3n) is 4.32. The van der Waals surface area contributed by atoms with Crippen LogP contribution in [0.4, 0.5) is 4.39 Å². The van der Waals surface area contributed by atoms with Gasteiger partial charge in [0.2, 0.25) is 0 Å². The van der Waals surface area contributed by atoms with Gasteiger partial charge >= 0.3 is 0 Å². The molecule has 1 heterocycles. The van der Waals surface area contributed by atoms with Gasteiger partial charge in [0.25, 0.3) is 0 Å². The van der Waals surface area contributed by atoms with Crippen LogP contribution in [0.15, 0.2) is 18.2 Å². The van der Waals surface area contributed by atoms with Crippen molar-refractivity contribution in [3.63, 3.8) is 0 Å². The highest BCUT2D eigenvalue weighted by Gasteiger charge is 2.47. The Hall–Kier alpha value is -1.17. The molecule has 0 aromatic heterocycles. The highest BCUT2D eigenvalue weighted by Crippen LogP contribution is 2.47. The molecule has 3 rings (SSSR count). The molecule has 0 atom stereocenters. The maximum Gasteiger partial charge on any atom is 0.168 e. The average molecular weight is 282 g/mol. The van der Waals surface area contributed by atoms with Crippen LogP contribution in [0.1, 0.15) is 31.2 Å². The molecule has 0 bridgehead atoms. The second kappa shape index (κ2) is 4.98. The molecule has 1 aliphatic heterocycles. The van der Waals surface area contributed by atoms with Crippen LogP contribution in [-0.2, 0) is 15.1 Å². The molecule has 5 heteroatoms. The number of rotatable bonds is 2. The minimum Gasteiger partial charge on any atom is -0.496 e. The molecular formula is C15H19FO4. The van der Waals surface area contributed by atoms with Gasteiger partial charge in [-0.2, -0.15) is 0 Å². The van der Waals surface area contributed by atoms with E-state index in [0.29, 0.717) is 50.2 Å². The molecule has 1 aromatic carbocycles. The van der Waals surface area contributed by atoms with Crippen LogP contribution >= 0.6 is 0 Å². The second-order valence-corrected chi connectivity index (χ2v) is 5.48. The van der Waals surface area contributed by atoms with Gasteiger partial charge in [-0.1, -0.05) is 0 Å². The monoisotopic (exact) mass is 282 g/mol. The summed E-state index contributed by atoms with van der Waals surface area (Å²) in [6, 6.07) is 4.24. The summed E-state index contributed by atoms with van der Waals surface area (Å²) in [5.41, 5.74) is -0.582. The van der Waals surface area contributed by atoms with E-state index in [9.17, 15) is 9.50 Å². The van der Waals surface area contributed by atoms with Gasteiger partial charge in [-0.25, -0.2) is 4.39 Å². The molecule has 1 saturated heterocycles. The molecule has 2 fully saturated rings. The molecule has 110 valence electrons. The Bertz CT molecular complexity index is 487. The van der Waals surface area contributed by atoms with E-state index in [1.165, 1.54) is 19.2 Å². The van der Waals surface area contributed by atoms with Crippen LogP contribution in [0.5, 0.6) is 5.75 Å². The van der Waals surface area contributed by atoms with Gasteiger partial charge in [0.1, 0.15) is 11.6 Å². The van der Waals surface area contributed by atoms with E-state index in [1.54, 1.807) is 6.07 Å². The normalized spacial score (nSPS) is 23.9. The van der Waals surface area contributed by atoms with Crippen LogP contribution < -0.4 is 4.74 Å². The summed E-state index contributed by atoms with van der Waals surface area (Å²) in [4.78, 5) is 0. The molecular weight excluding hydrogens is 263 g/mol. The summed E-state index contributed by atoms with van der Waals surface area (Å²) >= 11 is 0. The Morgan fingerprint density at radius 2 is 1.80 bits per heavy atom. The van der Waals surface area contributed by atoms with Crippen LogP contribution in [0.2, 0.25) is 0 Å². The predicted octanol–water partition coefficient (Wildman–Crippen LogP) is 2.34. The van der Waals surface area contributed by atoms with E-state index in [2.05, 4.69) is 0 Å². The Morgan fingerprint density at radius 1 is 1.15 bits per heavy atom. The fourth-order valence-corrected chi connectivity index (χ4v) is 3.14. The fourth-order valence-electron chi connectivity index (χ4n) is 3.14. The van der Waals surface area contributed by atoms with Crippen LogP contribution in [0, 0.1) is 5.82 Å². The number of methoxy groups -OCH3 is 1. The van der Waals surface area contributed by atoms with Crippen molar-refractivity contribution in [1.82, 2.24) is 0 Å². The number of hydrogen-bond acceptors (Lipinski definition) is 4. The Morgan fingerprint density at radius 3 is 2.40 bits per heavy atom. The summed E-state index contributed by atoms with van der Waals surface area (Å²) in [6.45, 7) is 1.20. The van der Waals surface area contributed by atoms with E-state index in [-0.39, 0.29) is 5.82 Å². The Balaban J connectivity index is 1.85. The van der Waals surface area contributed by atoms with Crippen molar-refractivity contribution in [1.29, 1.82) is 0 Å². The van der Waals surface area contributed by atoms with Crippen LogP contribution in [0.3, 0.4) is 0 Å². The molecule has 1 aromatic rings. The lowest BCUT2D eigenvalue weighted by atomic mass is 9.76. The van der Waals surface area contributed by atoms with Gasteiger partial charge in [-0.15, -0.1) is 0 Å². The fraction of sp³-hybridized carbons (Fsp3) is 0.600. The predicted molar refractivity (Wildman–Crippen MR) is 70.0 cm³/mol. The van der Waals surface area contributed by atoms with Gasteiger partial charge < -0.3 is 19.3 Å². The number of benzene rings is 1. The molecule has 1 spiro atoms. The van der Waals surface area contributed by atoms with E-state index >= 15 is 0 Å². The topological polar surface area (TPSA) is 47.9 Å². The summed E-state index contributed by atoms with van der Waals surface area (Å²) in [6.07, 6.45) is 2.13. The lowest BCUT2D eigenvalue weighted by Crippen LogP contribution is -2.42. The van der Waals surface area contributed by atoms with E-state index < -0.39 is 11.4 Å². The molecule has 0 amide bonds. The van der Waals surface area contributed by atoms with Gasteiger partial charge in [-0.3, -0.25) is 0 Å². The molecule has 0 unspecified atom stereocenters. The number of aliphatic hydroxyl groups is 1. The van der Waals surface area contributed by atoms with Crippen molar-refractivity contribution in [3.8, 4) is 5.75 Å². The first-order valence-corrected chi connectivity index (χ1v) is 6.91. The van der Waals surface area contributed by atoms with Crippen molar-refractivity contribution < 1.29 is 23.7 Å². The quantitative estimate of drug-likeness (QED) is 0.904. The van der Waals surface area contributed by atoms with Gasteiger partial charge in [0, 0.05) is 18.4 Å². The molecule has 2 aliphatic rings. The largest absolute Gasteiger partial charge is 0.496 e. The molecule has 4 nitrogen and oxygen atoms in total.